The molecule has 0 aliphatic rings. The van der Waals surface area contributed by atoms with Gasteiger partial charge in [-0.2, -0.15) is 0 Å². The van der Waals surface area contributed by atoms with Gasteiger partial charge in [-0.1, -0.05) is 29.8 Å². The summed E-state index contributed by atoms with van der Waals surface area (Å²) in [5.41, 5.74) is 8.58. The second kappa shape index (κ2) is 6.23. The summed E-state index contributed by atoms with van der Waals surface area (Å²) in [6.45, 7) is 4.81. The Hall–Kier alpha value is -2.30. The summed E-state index contributed by atoms with van der Waals surface area (Å²) in [7, 11) is 0. The van der Waals surface area contributed by atoms with E-state index in [1.165, 1.54) is 11.1 Å². The summed E-state index contributed by atoms with van der Waals surface area (Å²) in [5.74, 6) is -0.115. The van der Waals surface area contributed by atoms with Gasteiger partial charge in [-0.3, -0.25) is 0 Å². The smallest absolute Gasteiger partial charge is 0.360 e. The van der Waals surface area contributed by atoms with E-state index in [9.17, 15) is 4.79 Å². The maximum absolute atomic E-state index is 11.6. The summed E-state index contributed by atoms with van der Waals surface area (Å²) in [6.07, 6.45) is 2.42. The molecule has 0 saturated carbocycles. The summed E-state index contributed by atoms with van der Waals surface area (Å²) in [6, 6.07) is 8.31. The van der Waals surface area contributed by atoms with E-state index in [0.717, 1.165) is 6.42 Å². The number of aromatic nitrogens is 2. The molecule has 0 aliphatic heterocycles. The first-order chi connectivity index (χ1) is 9.61. The molecule has 1 aromatic carbocycles. The van der Waals surface area contributed by atoms with Crippen molar-refractivity contribution < 1.29 is 9.53 Å². The van der Waals surface area contributed by atoms with Crippen molar-refractivity contribution >= 4 is 11.8 Å². The number of anilines is 1. The zero-order valence-corrected chi connectivity index (χ0v) is 11.8. The number of hydrogen-bond donors (Lipinski definition) is 1. The molecule has 5 heteroatoms. The molecule has 0 fully saturated rings. The van der Waals surface area contributed by atoms with Gasteiger partial charge in [0.15, 0.2) is 5.69 Å². The van der Waals surface area contributed by atoms with Gasteiger partial charge in [0, 0.05) is 6.54 Å². The molecule has 0 bridgehead atoms. The summed E-state index contributed by atoms with van der Waals surface area (Å²) in [5, 5.41) is 0. The Kier molecular flexibility index (Phi) is 4.40. The van der Waals surface area contributed by atoms with Gasteiger partial charge in [0.1, 0.15) is 5.82 Å². The molecule has 0 unspecified atom stereocenters. The Labute approximate surface area is 118 Å². The summed E-state index contributed by atoms with van der Waals surface area (Å²) >= 11 is 0. The normalized spacial score (nSPS) is 10.5. The largest absolute Gasteiger partial charge is 0.461 e. The van der Waals surface area contributed by atoms with Crippen molar-refractivity contribution in [1.29, 1.82) is 0 Å². The third-order valence-electron chi connectivity index (χ3n) is 3.07. The quantitative estimate of drug-likeness (QED) is 0.848. The van der Waals surface area contributed by atoms with Gasteiger partial charge in [-0.05, 0) is 25.8 Å². The molecule has 0 amide bonds. The minimum atomic E-state index is -0.473. The number of ether oxygens (including phenoxy) is 1. The van der Waals surface area contributed by atoms with Gasteiger partial charge < -0.3 is 15.0 Å². The van der Waals surface area contributed by atoms with Crippen LogP contribution in [-0.4, -0.2) is 22.1 Å². The van der Waals surface area contributed by atoms with Crippen molar-refractivity contribution in [1.82, 2.24) is 9.55 Å². The average Bonchev–Trinajstić information content (AvgIpc) is 2.78. The van der Waals surface area contributed by atoms with Gasteiger partial charge in [0.2, 0.25) is 0 Å². The molecule has 0 radical (unpaired) electrons. The Morgan fingerprint density at radius 1 is 1.45 bits per heavy atom. The van der Waals surface area contributed by atoms with Gasteiger partial charge >= 0.3 is 5.97 Å². The van der Waals surface area contributed by atoms with E-state index in [0.29, 0.717) is 19.0 Å². The highest BCUT2D eigenvalue weighted by molar-refractivity contribution is 5.92. The van der Waals surface area contributed by atoms with E-state index in [2.05, 4.69) is 30.1 Å². The number of benzene rings is 1. The number of carbonyl (C=O) groups excluding carboxylic acids is 1. The highest BCUT2D eigenvalue weighted by Crippen LogP contribution is 2.13. The number of carbonyl (C=O) groups is 1. The van der Waals surface area contributed by atoms with Crippen LogP contribution >= 0.6 is 0 Å². The monoisotopic (exact) mass is 273 g/mol. The van der Waals surface area contributed by atoms with Crippen LogP contribution in [0, 0.1) is 6.92 Å². The first-order valence-electron chi connectivity index (χ1n) is 6.65. The van der Waals surface area contributed by atoms with Gasteiger partial charge in [-0.15, -0.1) is 0 Å². The molecule has 0 spiro atoms. The number of nitrogen functional groups attached to an aromatic ring is 1. The van der Waals surface area contributed by atoms with E-state index in [1.807, 2.05) is 6.07 Å². The lowest BCUT2D eigenvalue weighted by molar-refractivity contribution is 0.0521. The van der Waals surface area contributed by atoms with Crippen molar-refractivity contribution in [3.8, 4) is 0 Å². The molecule has 0 saturated heterocycles. The number of aryl methyl sites for hydroxylation is 3. The van der Waals surface area contributed by atoms with Crippen molar-refractivity contribution in [2.75, 3.05) is 12.3 Å². The van der Waals surface area contributed by atoms with Crippen molar-refractivity contribution in [2.45, 2.75) is 26.8 Å². The van der Waals surface area contributed by atoms with E-state index in [4.69, 9.17) is 10.5 Å². The van der Waals surface area contributed by atoms with E-state index >= 15 is 0 Å². The molecular weight excluding hydrogens is 254 g/mol. The fourth-order valence-corrected chi connectivity index (χ4v) is 2.04. The molecule has 5 nitrogen and oxygen atoms in total. The molecular formula is C15H19N3O2. The van der Waals surface area contributed by atoms with E-state index < -0.39 is 5.97 Å². The molecule has 1 heterocycles. The lowest BCUT2D eigenvalue weighted by Gasteiger charge is -2.06. The molecule has 0 atom stereocenters. The van der Waals surface area contributed by atoms with Crippen LogP contribution in [0.15, 0.2) is 30.6 Å². The van der Waals surface area contributed by atoms with Crippen molar-refractivity contribution in [3.63, 3.8) is 0 Å². The number of nitrogens with two attached hydrogens (primary N) is 1. The lowest BCUT2D eigenvalue weighted by atomic mass is 10.1. The van der Waals surface area contributed by atoms with Crippen LogP contribution in [0.4, 0.5) is 5.82 Å². The predicted octanol–water partition coefficient (Wildman–Crippen LogP) is 2.19. The maximum atomic E-state index is 11.6. The van der Waals surface area contributed by atoms with Crippen LogP contribution in [0.5, 0.6) is 0 Å². The molecule has 2 N–H and O–H groups in total. The van der Waals surface area contributed by atoms with Crippen molar-refractivity contribution in [3.05, 3.63) is 47.4 Å². The Balaban J connectivity index is 2.05. The minimum absolute atomic E-state index is 0.191. The third-order valence-corrected chi connectivity index (χ3v) is 3.07. The SMILES string of the molecule is CCOC(=O)c1ncn(CCc2cccc(C)c2)c1N. The topological polar surface area (TPSA) is 70.1 Å². The zero-order valence-electron chi connectivity index (χ0n) is 11.8. The van der Waals surface area contributed by atoms with Gasteiger partial charge in [0.05, 0.1) is 12.9 Å². The number of imidazole rings is 1. The highest BCUT2D eigenvalue weighted by Gasteiger charge is 2.16. The van der Waals surface area contributed by atoms with E-state index in [-0.39, 0.29) is 5.69 Å². The second-order valence-electron chi connectivity index (χ2n) is 4.63. The molecule has 20 heavy (non-hydrogen) atoms. The van der Waals surface area contributed by atoms with Crippen LogP contribution in [0.3, 0.4) is 0 Å². The van der Waals surface area contributed by atoms with Crippen LogP contribution < -0.4 is 5.73 Å². The van der Waals surface area contributed by atoms with Gasteiger partial charge in [0.25, 0.3) is 0 Å². The first-order valence-corrected chi connectivity index (χ1v) is 6.65. The first kappa shape index (κ1) is 14.1. The number of esters is 1. The third kappa shape index (κ3) is 3.17. The Morgan fingerprint density at radius 2 is 2.25 bits per heavy atom. The van der Waals surface area contributed by atoms with Crippen LogP contribution in [-0.2, 0) is 17.7 Å². The Bertz CT molecular complexity index is 605. The standard InChI is InChI=1S/C15H19N3O2/c1-3-20-15(19)13-14(16)18(10-17-13)8-7-12-6-4-5-11(2)9-12/h4-6,9-10H,3,7-8,16H2,1-2H3. The van der Waals surface area contributed by atoms with Crippen LogP contribution in [0.1, 0.15) is 28.5 Å². The number of hydrogen-bond acceptors (Lipinski definition) is 4. The molecule has 0 aliphatic carbocycles. The average molecular weight is 273 g/mol. The van der Waals surface area contributed by atoms with Crippen molar-refractivity contribution in [2.24, 2.45) is 0 Å². The minimum Gasteiger partial charge on any atom is -0.461 e. The van der Waals surface area contributed by atoms with E-state index in [1.54, 1.807) is 17.8 Å². The molecule has 1 aromatic heterocycles. The molecule has 2 rings (SSSR count). The summed E-state index contributed by atoms with van der Waals surface area (Å²) in [4.78, 5) is 15.6. The maximum Gasteiger partial charge on any atom is 0.360 e. The fourth-order valence-electron chi connectivity index (χ4n) is 2.04. The molecule has 106 valence electrons. The highest BCUT2D eigenvalue weighted by atomic mass is 16.5. The lowest BCUT2D eigenvalue weighted by Crippen LogP contribution is -2.10. The number of rotatable bonds is 5. The second-order valence-corrected chi connectivity index (χ2v) is 4.63. The zero-order chi connectivity index (χ0) is 14.5. The van der Waals surface area contributed by atoms with Crippen LogP contribution in [0.2, 0.25) is 0 Å². The summed E-state index contributed by atoms with van der Waals surface area (Å²) < 4.78 is 6.68. The van der Waals surface area contributed by atoms with Crippen LogP contribution in [0.25, 0.3) is 0 Å². The fraction of sp³-hybridized carbons (Fsp3) is 0.333. The number of nitrogens with zero attached hydrogens (tertiary/aromatic N) is 2. The van der Waals surface area contributed by atoms with Gasteiger partial charge in [-0.25, -0.2) is 9.78 Å². The molecule has 2 aromatic rings. The Morgan fingerprint density at radius 3 is 2.95 bits per heavy atom. The predicted molar refractivity (Wildman–Crippen MR) is 77.5 cm³/mol.